The molecular formula is C26H27N3S. The fourth-order valence-corrected chi connectivity index (χ4v) is 4.92. The monoisotopic (exact) mass is 413 g/mol. The van der Waals surface area contributed by atoms with Crippen LogP contribution in [0.25, 0.3) is 16.7 Å². The first kappa shape index (κ1) is 19.3. The largest absolute Gasteiger partial charge is 0.361 e. The van der Waals surface area contributed by atoms with Crippen molar-refractivity contribution in [2.45, 2.75) is 25.8 Å². The Morgan fingerprint density at radius 1 is 0.967 bits per heavy atom. The zero-order chi connectivity index (χ0) is 20.2. The topological polar surface area (TPSA) is 27.6 Å². The highest BCUT2D eigenvalue weighted by molar-refractivity contribution is 7.08. The van der Waals surface area contributed by atoms with E-state index in [1.54, 1.807) is 11.3 Å². The summed E-state index contributed by atoms with van der Waals surface area (Å²) in [7, 11) is 0. The molecule has 0 amide bonds. The van der Waals surface area contributed by atoms with E-state index in [1.165, 1.54) is 65.7 Å². The van der Waals surface area contributed by atoms with Crippen LogP contribution in [0.1, 0.15) is 36.0 Å². The van der Waals surface area contributed by atoms with Gasteiger partial charge in [-0.25, -0.2) is 0 Å². The number of rotatable bonds is 5. The minimum atomic E-state index is 0.708. The molecule has 3 heterocycles. The molecule has 0 unspecified atom stereocenters. The van der Waals surface area contributed by atoms with Crippen LogP contribution >= 0.6 is 11.3 Å². The van der Waals surface area contributed by atoms with Gasteiger partial charge < -0.3 is 5.32 Å². The van der Waals surface area contributed by atoms with E-state index >= 15 is 0 Å². The van der Waals surface area contributed by atoms with Gasteiger partial charge in [0.15, 0.2) is 0 Å². The molecule has 3 nitrogen and oxygen atoms in total. The normalized spacial score (nSPS) is 17.8. The van der Waals surface area contributed by atoms with Gasteiger partial charge >= 0.3 is 0 Å². The molecule has 0 atom stereocenters. The summed E-state index contributed by atoms with van der Waals surface area (Å²) >= 11 is 1.74. The van der Waals surface area contributed by atoms with Gasteiger partial charge in [-0.15, -0.1) is 0 Å². The number of aliphatic imine (C=N–C) groups is 1. The molecule has 0 spiro atoms. The first-order valence-electron chi connectivity index (χ1n) is 10.8. The number of piperidine rings is 1. The standard InChI is InChI=1S/C26H27N3S/c1-2-11-29(12-3-1)18-20-4-8-25(9-5-20)28-17-24-16-27-15-22-7-6-21(14-26(22)24)23-10-13-30-19-23/h4-10,13-15,17,19,28H,1-3,11-12,16,18H2. The summed E-state index contributed by atoms with van der Waals surface area (Å²) in [5.74, 6) is 0. The highest BCUT2D eigenvalue weighted by Crippen LogP contribution is 2.30. The molecule has 1 N–H and O–H groups in total. The Hall–Kier alpha value is -2.69. The van der Waals surface area contributed by atoms with Crippen LogP contribution in [0.3, 0.4) is 0 Å². The maximum absolute atomic E-state index is 4.55. The third-order valence-corrected chi connectivity index (χ3v) is 6.65. The third-order valence-electron chi connectivity index (χ3n) is 5.97. The fourth-order valence-electron chi connectivity index (χ4n) is 4.26. The molecule has 1 fully saturated rings. The molecule has 2 aromatic carbocycles. The summed E-state index contributed by atoms with van der Waals surface area (Å²) in [6, 6.07) is 17.7. The van der Waals surface area contributed by atoms with Gasteiger partial charge in [0.05, 0.1) is 6.54 Å². The van der Waals surface area contributed by atoms with Gasteiger partial charge in [0.25, 0.3) is 0 Å². The number of likely N-dealkylation sites (tertiary alicyclic amines) is 1. The molecule has 1 aromatic heterocycles. The second-order valence-electron chi connectivity index (χ2n) is 8.13. The SMILES string of the molecule is C1=NCC(=CNc2ccc(CN3CCCCC3)cc2)c2cc(-c3ccsc3)ccc21. The number of hydrogen-bond donors (Lipinski definition) is 1. The molecule has 30 heavy (non-hydrogen) atoms. The van der Waals surface area contributed by atoms with Crippen LogP contribution in [0.4, 0.5) is 5.69 Å². The lowest BCUT2D eigenvalue weighted by molar-refractivity contribution is 0.221. The Labute approximate surface area is 182 Å². The van der Waals surface area contributed by atoms with Crippen molar-refractivity contribution >= 4 is 28.8 Å². The maximum atomic E-state index is 4.55. The number of anilines is 1. The van der Waals surface area contributed by atoms with Crippen LogP contribution in [0.2, 0.25) is 0 Å². The number of benzene rings is 2. The number of fused-ring (bicyclic) bond motifs is 1. The first-order chi connectivity index (χ1) is 14.8. The number of thiophene rings is 1. The molecule has 1 saturated heterocycles. The van der Waals surface area contributed by atoms with Gasteiger partial charge in [0, 0.05) is 24.6 Å². The molecule has 2 aliphatic rings. The average Bonchev–Trinajstić information content (AvgIpc) is 3.34. The predicted molar refractivity (Wildman–Crippen MR) is 129 cm³/mol. The minimum Gasteiger partial charge on any atom is -0.361 e. The van der Waals surface area contributed by atoms with E-state index in [2.05, 4.69) is 80.7 Å². The average molecular weight is 414 g/mol. The minimum absolute atomic E-state index is 0.708. The lowest BCUT2D eigenvalue weighted by Gasteiger charge is -2.26. The molecular weight excluding hydrogens is 386 g/mol. The van der Waals surface area contributed by atoms with Gasteiger partial charge in [0.2, 0.25) is 0 Å². The highest BCUT2D eigenvalue weighted by atomic mass is 32.1. The maximum Gasteiger partial charge on any atom is 0.0660 e. The van der Waals surface area contributed by atoms with E-state index in [0.717, 1.165) is 12.2 Å². The second kappa shape index (κ2) is 8.99. The molecule has 0 saturated carbocycles. The van der Waals surface area contributed by atoms with Crippen molar-refractivity contribution < 1.29 is 0 Å². The summed E-state index contributed by atoms with van der Waals surface area (Å²) in [5.41, 5.74) is 8.73. The molecule has 0 bridgehead atoms. The Kier molecular flexibility index (Phi) is 5.78. The van der Waals surface area contributed by atoms with E-state index in [1.807, 2.05) is 6.21 Å². The van der Waals surface area contributed by atoms with E-state index in [-0.39, 0.29) is 0 Å². The lowest BCUT2D eigenvalue weighted by Crippen LogP contribution is -2.29. The third kappa shape index (κ3) is 4.40. The van der Waals surface area contributed by atoms with Gasteiger partial charge in [-0.3, -0.25) is 9.89 Å². The van der Waals surface area contributed by atoms with E-state index in [0.29, 0.717) is 6.54 Å². The Bertz CT molecular complexity index is 1040. The molecule has 5 rings (SSSR count). The van der Waals surface area contributed by atoms with Crippen molar-refractivity contribution in [1.29, 1.82) is 0 Å². The van der Waals surface area contributed by atoms with Gasteiger partial charge in [0.1, 0.15) is 0 Å². The summed E-state index contributed by atoms with van der Waals surface area (Å²) in [6.45, 7) is 4.24. The first-order valence-corrected chi connectivity index (χ1v) is 11.7. The summed E-state index contributed by atoms with van der Waals surface area (Å²) < 4.78 is 0. The number of hydrogen-bond acceptors (Lipinski definition) is 4. The number of nitrogens with one attached hydrogen (secondary N) is 1. The molecule has 4 heteroatoms. The zero-order valence-corrected chi connectivity index (χ0v) is 18.0. The highest BCUT2D eigenvalue weighted by Gasteiger charge is 2.13. The summed E-state index contributed by atoms with van der Waals surface area (Å²) in [4.78, 5) is 7.11. The Morgan fingerprint density at radius 2 is 1.83 bits per heavy atom. The van der Waals surface area contributed by atoms with Gasteiger partial charge in [-0.2, -0.15) is 11.3 Å². The van der Waals surface area contributed by atoms with Gasteiger partial charge in [-0.1, -0.05) is 30.7 Å². The number of nitrogens with zero attached hydrogens (tertiary/aromatic N) is 2. The van der Waals surface area contributed by atoms with Crippen molar-refractivity contribution in [1.82, 2.24) is 4.90 Å². The van der Waals surface area contributed by atoms with Crippen molar-refractivity contribution in [2.24, 2.45) is 4.99 Å². The van der Waals surface area contributed by atoms with Crippen LogP contribution in [0, 0.1) is 0 Å². The predicted octanol–water partition coefficient (Wildman–Crippen LogP) is 6.29. The van der Waals surface area contributed by atoms with Gasteiger partial charge in [-0.05, 0) is 94.3 Å². The van der Waals surface area contributed by atoms with E-state index in [9.17, 15) is 0 Å². The summed E-state index contributed by atoms with van der Waals surface area (Å²) in [6.07, 6.45) is 8.17. The molecule has 0 radical (unpaired) electrons. The van der Waals surface area contributed by atoms with Crippen molar-refractivity contribution in [3.63, 3.8) is 0 Å². The smallest absolute Gasteiger partial charge is 0.0660 e. The van der Waals surface area contributed by atoms with Crippen LogP contribution in [0.15, 0.2) is 70.5 Å². The quantitative estimate of drug-likeness (QED) is 0.532. The molecule has 3 aromatic rings. The Balaban J connectivity index is 1.30. The van der Waals surface area contributed by atoms with Crippen LogP contribution in [-0.4, -0.2) is 30.7 Å². The van der Waals surface area contributed by atoms with Crippen LogP contribution < -0.4 is 5.32 Å². The fraction of sp³-hybridized carbons (Fsp3) is 0.269. The van der Waals surface area contributed by atoms with Crippen molar-refractivity contribution in [3.8, 4) is 11.1 Å². The molecule has 152 valence electrons. The second-order valence-corrected chi connectivity index (χ2v) is 8.91. The van der Waals surface area contributed by atoms with Crippen molar-refractivity contribution in [3.05, 3.63) is 82.2 Å². The van der Waals surface area contributed by atoms with E-state index in [4.69, 9.17) is 0 Å². The van der Waals surface area contributed by atoms with Crippen LogP contribution in [-0.2, 0) is 6.54 Å². The molecule has 0 aliphatic carbocycles. The lowest BCUT2D eigenvalue weighted by atomic mass is 9.94. The van der Waals surface area contributed by atoms with Crippen molar-refractivity contribution in [2.75, 3.05) is 25.0 Å². The van der Waals surface area contributed by atoms with E-state index < -0.39 is 0 Å². The Morgan fingerprint density at radius 3 is 2.63 bits per heavy atom. The molecule has 2 aliphatic heterocycles. The zero-order valence-electron chi connectivity index (χ0n) is 17.2. The van der Waals surface area contributed by atoms with Crippen LogP contribution in [0.5, 0.6) is 0 Å². The summed E-state index contributed by atoms with van der Waals surface area (Å²) in [5, 5.41) is 7.82.